The topological polar surface area (TPSA) is 72.5 Å². The SMILES string of the molecule is CCNC(=NCCC(=O)N(CC)CC)NCCc1c[nH]c2c(C)cccc12.I. The lowest BCUT2D eigenvalue weighted by atomic mass is 10.1. The van der Waals surface area contributed by atoms with Gasteiger partial charge in [-0.05, 0) is 45.2 Å². The van der Waals surface area contributed by atoms with E-state index in [2.05, 4.69) is 51.9 Å². The molecule has 28 heavy (non-hydrogen) atoms. The summed E-state index contributed by atoms with van der Waals surface area (Å²) in [4.78, 5) is 21.8. The predicted molar refractivity (Wildman–Crippen MR) is 129 cm³/mol. The van der Waals surface area contributed by atoms with Crippen molar-refractivity contribution in [3.63, 3.8) is 0 Å². The molecule has 156 valence electrons. The number of fused-ring (bicyclic) bond motifs is 1. The van der Waals surface area contributed by atoms with Gasteiger partial charge in [0.2, 0.25) is 5.91 Å². The van der Waals surface area contributed by atoms with Crippen molar-refractivity contribution >= 4 is 46.7 Å². The van der Waals surface area contributed by atoms with Gasteiger partial charge in [0.25, 0.3) is 0 Å². The highest BCUT2D eigenvalue weighted by molar-refractivity contribution is 14.0. The molecule has 0 radical (unpaired) electrons. The van der Waals surface area contributed by atoms with Gasteiger partial charge in [-0.2, -0.15) is 0 Å². The minimum absolute atomic E-state index is 0. The fraction of sp³-hybridized carbons (Fsp3) is 0.524. The van der Waals surface area contributed by atoms with Crippen molar-refractivity contribution in [2.24, 2.45) is 4.99 Å². The predicted octanol–water partition coefficient (Wildman–Crippen LogP) is 3.45. The number of guanidine groups is 1. The Hall–Kier alpha value is -1.77. The molecule has 2 rings (SSSR count). The van der Waals surface area contributed by atoms with Crippen LogP contribution in [0.15, 0.2) is 29.4 Å². The first-order valence-corrected chi connectivity index (χ1v) is 9.96. The Morgan fingerprint density at radius 1 is 1.18 bits per heavy atom. The van der Waals surface area contributed by atoms with E-state index in [0.717, 1.165) is 38.6 Å². The van der Waals surface area contributed by atoms with E-state index < -0.39 is 0 Å². The van der Waals surface area contributed by atoms with Gasteiger partial charge in [-0.1, -0.05) is 18.2 Å². The highest BCUT2D eigenvalue weighted by Crippen LogP contribution is 2.21. The van der Waals surface area contributed by atoms with E-state index in [1.807, 2.05) is 25.7 Å². The normalized spacial score (nSPS) is 11.2. The number of amides is 1. The van der Waals surface area contributed by atoms with Gasteiger partial charge in [0.1, 0.15) is 0 Å². The van der Waals surface area contributed by atoms with Gasteiger partial charge < -0.3 is 20.5 Å². The summed E-state index contributed by atoms with van der Waals surface area (Å²) in [5.74, 6) is 0.926. The van der Waals surface area contributed by atoms with Crippen molar-refractivity contribution in [3.8, 4) is 0 Å². The summed E-state index contributed by atoms with van der Waals surface area (Å²) < 4.78 is 0. The summed E-state index contributed by atoms with van der Waals surface area (Å²) in [7, 11) is 0. The van der Waals surface area contributed by atoms with Gasteiger partial charge >= 0.3 is 0 Å². The molecule has 1 aromatic carbocycles. The third-order valence-corrected chi connectivity index (χ3v) is 4.75. The molecule has 0 aliphatic heterocycles. The van der Waals surface area contributed by atoms with Crippen LogP contribution >= 0.6 is 24.0 Å². The number of aromatic nitrogens is 1. The van der Waals surface area contributed by atoms with E-state index >= 15 is 0 Å². The van der Waals surface area contributed by atoms with Crippen molar-refractivity contribution < 1.29 is 4.79 Å². The largest absolute Gasteiger partial charge is 0.361 e. The van der Waals surface area contributed by atoms with E-state index in [-0.39, 0.29) is 29.9 Å². The number of hydrogen-bond acceptors (Lipinski definition) is 2. The minimum atomic E-state index is 0. The zero-order valence-electron chi connectivity index (χ0n) is 17.5. The number of nitrogens with one attached hydrogen (secondary N) is 3. The fourth-order valence-corrected chi connectivity index (χ4v) is 3.23. The number of H-pyrrole nitrogens is 1. The molecule has 3 N–H and O–H groups in total. The highest BCUT2D eigenvalue weighted by Gasteiger charge is 2.09. The molecule has 0 aliphatic rings. The van der Waals surface area contributed by atoms with E-state index in [0.29, 0.717) is 13.0 Å². The summed E-state index contributed by atoms with van der Waals surface area (Å²) >= 11 is 0. The fourth-order valence-electron chi connectivity index (χ4n) is 3.23. The van der Waals surface area contributed by atoms with Crippen molar-refractivity contribution in [3.05, 3.63) is 35.5 Å². The van der Waals surface area contributed by atoms with Gasteiger partial charge in [0, 0.05) is 49.7 Å². The van der Waals surface area contributed by atoms with Crippen molar-refractivity contribution in [1.82, 2.24) is 20.5 Å². The standard InChI is InChI=1S/C21H33N5O.HI/c1-5-22-21(24-14-12-19(27)26(6-2)7-3)23-13-11-17-15-25-20-16(4)9-8-10-18(17)20;/h8-10,15,25H,5-7,11-14H2,1-4H3,(H2,22,23,24);1H. The number of para-hydroxylation sites is 1. The number of aryl methyl sites for hydroxylation is 1. The highest BCUT2D eigenvalue weighted by atomic mass is 127. The number of halogens is 1. The third-order valence-electron chi connectivity index (χ3n) is 4.75. The summed E-state index contributed by atoms with van der Waals surface area (Å²) in [6.07, 6.45) is 3.44. The number of hydrogen-bond donors (Lipinski definition) is 3. The summed E-state index contributed by atoms with van der Waals surface area (Å²) in [5.41, 5.74) is 3.77. The number of benzene rings is 1. The quantitative estimate of drug-likeness (QED) is 0.281. The van der Waals surface area contributed by atoms with Crippen molar-refractivity contribution in [2.45, 2.75) is 40.5 Å². The molecule has 1 aromatic heterocycles. The number of carbonyl (C=O) groups excluding carboxylic acids is 1. The summed E-state index contributed by atoms with van der Waals surface area (Å²) in [6.45, 7) is 11.8. The van der Waals surface area contributed by atoms with Gasteiger partial charge in [0.15, 0.2) is 5.96 Å². The molecule has 0 spiro atoms. The van der Waals surface area contributed by atoms with E-state index in [1.54, 1.807) is 0 Å². The van der Waals surface area contributed by atoms with Crippen LogP contribution in [-0.2, 0) is 11.2 Å². The van der Waals surface area contributed by atoms with Crippen LogP contribution in [0.1, 0.15) is 38.3 Å². The lowest BCUT2D eigenvalue weighted by molar-refractivity contribution is -0.130. The lowest BCUT2D eigenvalue weighted by Crippen LogP contribution is -2.38. The molecule has 0 fully saturated rings. The van der Waals surface area contributed by atoms with Crippen LogP contribution in [0.25, 0.3) is 10.9 Å². The molecule has 1 heterocycles. The van der Waals surface area contributed by atoms with Crippen LogP contribution in [0.2, 0.25) is 0 Å². The molecular formula is C21H34IN5O. The average Bonchev–Trinajstić information content (AvgIpc) is 3.07. The molecule has 0 saturated heterocycles. The molecule has 1 amide bonds. The second-order valence-corrected chi connectivity index (χ2v) is 6.56. The summed E-state index contributed by atoms with van der Waals surface area (Å²) in [5, 5.41) is 7.90. The van der Waals surface area contributed by atoms with Crippen LogP contribution in [0.3, 0.4) is 0 Å². The first kappa shape index (κ1) is 24.3. The Labute approximate surface area is 185 Å². The van der Waals surface area contributed by atoms with Crippen LogP contribution in [0, 0.1) is 6.92 Å². The number of aromatic amines is 1. The monoisotopic (exact) mass is 499 g/mol. The minimum Gasteiger partial charge on any atom is -0.361 e. The maximum absolute atomic E-state index is 12.1. The van der Waals surface area contributed by atoms with Crippen LogP contribution < -0.4 is 10.6 Å². The maximum atomic E-state index is 12.1. The number of aliphatic imine (C=N–C) groups is 1. The second-order valence-electron chi connectivity index (χ2n) is 6.56. The van der Waals surface area contributed by atoms with Gasteiger partial charge in [-0.25, -0.2) is 0 Å². The van der Waals surface area contributed by atoms with Crippen LogP contribution in [-0.4, -0.2) is 54.5 Å². The Balaban J connectivity index is 0.00000392. The van der Waals surface area contributed by atoms with E-state index in [9.17, 15) is 4.79 Å². The number of nitrogens with zero attached hydrogens (tertiary/aromatic N) is 2. The first-order chi connectivity index (χ1) is 13.1. The molecule has 6 nitrogen and oxygen atoms in total. The van der Waals surface area contributed by atoms with Gasteiger partial charge in [-0.3, -0.25) is 9.79 Å². The Kier molecular flexibility index (Phi) is 11.0. The van der Waals surface area contributed by atoms with E-state index in [4.69, 9.17) is 0 Å². The number of rotatable bonds is 9. The molecule has 7 heteroatoms. The molecule has 0 unspecified atom stereocenters. The molecule has 0 bridgehead atoms. The lowest BCUT2D eigenvalue weighted by Gasteiger charge is -2.18. The first-order valence-electron chi connectivity index (χ1n) is 9.96. The van der Waals surface area contributed by atoms with Crippen molar-refractivity contribution in [1.29, 1.82) is 0 Å². The Morgan fingerprint density at radius 2 is 1.93 bits per heavy atom. The Morgan fingerprint density at radius 3 is 2.61 bits per heavy atom. The van der Waals surface area contributed by atoms with Crippen molar-refractivity contribution in [2.75, 3.05) is 32.7 Å². The Bertz CT molecular complexity index is 767. The van der Waals surface area contributed by atoms with E-state index in [1.165, 1.54) is 22.0 Å². The third kappa shape index (κ3) is 6.68. The molecular weight excluding hydrogens is 465 g/mol. The second kappa shape index (κ2) is 12.6. The zero-order chi connectivity index (χ0) is 19.6. The molecule has 0 atom stereocenters. The average molecular weight is 499 g/mol. The van der Waals surface area contributed by atoms with Gasteiger partial charge in [-0.15, -0.1) is 24.0 Å². The number of carbonyl (C=O) groups is 1. The molecule has 0 aliphatic carbocycles. The van der Waals surface area contributed by atoms with Crippen LogP contribution in [0.5, 0.6) is 0 Å². The molecule has 0 saturated carbocycles. The van der Waals surface area contributed by atoms with Gasteiger partial charge in [0.05, 0.1) is 6.54 Å². The zero-order valence-corrected chi connectivity index (χ0v) is 19.8. The van der Waals surface area contributed by atoms with Crippen LogP contribution in [0.4, 0.5) is 0 Å². The maximum Gasteiger partial charge on any atom is 0.224 e. The smallest absolute Gasteiger partial charge is 0.224 e. The summed E-state index contributed by atoms with van der Waals surface area (Å²) in [6, 6.07) is 6.38. The molecule has 2 aromatic rings.